The van der Waals surface area contributed by atoms with Crippen LogP contribution in [0.5, 0.6) is 0 Å². The molecule has 74 valence electrons. The Labute approximate surface area is 84.5 Å². The number of carbonyl (C=O) groups is 1. The van der Waals surface area contributed by atoms with Crippen molar-refractivity contribution < 1.29 is 4.79 Å². The Balaban J connectivity index is 2.75. The fraction of sp³-hybridized carbons (Fsp3) is 0.250. The molecule has 0 spiro atoms. The quantitative estimate of drug-likeness (QED) is 0.632. The Bertz CT molecular complexity index is 308. The van der Waals surface area contributed by atoms with Gasteiger partial charge in [0, 0.05) is 5.57 Å². The molecule has 14 heavy (non-hydrogen) atoms. The lowest BCUT2D eigenvalue weighted by Gasteiger charge is -1.93. The molecular formula is C12H15NO. The first-order valence-electron chi connectivity index (χ1n) is 4.77. The molecule has 0 aromatic rings. The van der Waals surface area contributed by atoms with Crippen molar-refractivity contribution in [3.05, 3.63) is 48.1 Å². The van der Waals surface area contributed by atoms with Crippen LogP contribution in [0.3, 0.4) is 0 Å². The van der Waals surface area contributed by atoms with Crippen LogP contribution in [0, 0.1) is 0 Å². The van der Waals surface area contributed by atoms with E-state index in [1.165, 1.54) is 0 Å². The number of rotatable bonds is 1. The Morgan fingerprint density at radius 2 is 1.57 bits per heavy atom. The second kappa shape index (κ2) is 5.97. The van der Waals surface area contributed by atoms with Crippen molar-refractivity contribution in [1.29, 1.82) is 0 Å². The monoisotopic (exact) mass is 189 g/mol. The van der Waals surface area contributed by atoms with Crippen LogP contribution in [-0.2, 0) is 4.79 Å². The molecular weight excluding hydrogens is 174 g/mol. The van der Waals surface area contributed by atoms with Gasteiger partial charge in [-0.15, -0.1) is 0 Å². The zero-order valence-electron chi connectivity index (χ0n) is 8.15. The molecule has 0 unspecified atom stereocenters. The highest BCUT2D eigenvalue weighted by Gasteiger charge is 1.97. The smallest absolute Gasteiger partial charge is 0.248 e. The number of hydrogen-bond acceptors (Lipinski definition) is 1. The molecule has 0 saturated heterocycles. The lowest BCUT2D eigenvalue weighted by atomic mass is 10.2. The van der Waals surface area contributed by atoms with E-state index < -0.39 is 0 Å². The van der Waals surface area contributed by atoms with Gasteiger partial charge in [0.2, 0.25) is 5.91 Å². The van der Waals surface area contributed by atoms with Gasteiger partial charge in [-0.2, -0.15) is 0 Å². The van der Waals surface area contributed by atoms with Gasteiger partial charge < -0.3 is 5.73 Å². The highest BCUT2D eigenvalue weighted by molar-refractivity contribution is 5.94. The van der Waals surface area contributed by atoms with E-state index in [2.05, 4.69) is 18.2 Å². The zero-order chi connectivity index (χ0) is 10.2. The van der Waals surface area contributed by atoms with E-state index in [1.54, 1.807) is 6.08 Å². The summed E-state index contributed by atoms with van der Waals surface area (Å²) in [5.74, 6) is -0.363. The average molecular weight is 189 g/mol. The van der Waals surface area contributed by atoms with Gasteiger partial charge in [0.25, 0.3) is 0 Å². The third-order valence-electron chi connectivity index (χ3n) is 1.93. The molecule has 0 aromatic carbocycles. The van der Waals surface area contributed by atoms with E-state index in [0.29, 0.717) is 5.57 Å². The van der Waals surface area contributed by atoms with Gasteiger partial charge in [-0.3, -0.25) is 4.79 Å². The second-order valence-electron chi connectivity index (χ2n) is 3.08. The van der Waals surface area contributed by atoms with Crippen molar-refractivity contribution in [3.63, 3.8) is 0 Å². The molecule has 2 heteroatoms. The number of amides is 1. The molecule has 0 heterocycles. The first kappa shape index (κ1) is 10.5. The summed E-state index contributed by atoms with van der Waals surface area (Å²) in [6, 6.07) is 0. The topological polar surface area (TPSA) is 43.1 Å². The lowest BCUT2D eigenvalue weighted by Crippen LogP contribution is -2.12. The number of carbonyl (C=O) groups excluding carboxylic acids is 1. The fourth-order valence-electron chi connectivity index (χ4n) is 1.18. The van der Waals surface area contributed by atoms with E-state index >= 15 is 0 Å². The van der Waals surface area contributed by atoms with Gasteiger partial charge in [0.15, 0.2) is 0 Å². The fourth-order valence-corrected chi connectivity index (χ4v) is 1.18. The molecule has 1 rings (SSSR count). The van der Waals surface area contributed by atoms with Crippen molar-refractivity contribution in [2.75, 3.05) is 0 Å². The van der Waals surface area contributed by atoms with Crippen LogP contribution in [0.25, 0.3) is 0 Å². The van der Waals surface area contributed by atoms with Crippen LogP contribution in [0.4, 0.5) is 0 Å². The normalized spacial score (nSPS) is 27.9. The SMILES string of the molecule is NC(=O)C1=C/C/C=C\C/C=C\C/C=C\1. The number of nitrogens with two attached hydrogens (primary N) is 1. The molecule has 0 aromatic heterocycles. The molecule has 2 nitrogen and oxygen atoms in total. The predicted molar refractivity (Wildman–Crippen MR) is 58.5 cm³/mol. The van der Waals surface area contributed by atoms with Gasteiger partial charge in [-0.25, -0.2) is 0 Å². The van der Waals surface area contributed by atoms with Crippen LogP contribution >= 0.6 is 0 Å². The minimum atomic E-state index is -0.363. The zero-order valence-corrected chi connectivity index (χ0v) is 8.15. The predicted octanol–water partition coefficient (Wildman–Crippen LogP) is 2.25. The molecule has 0 atom stereocenters. The standard InChI is InChI=1S/C12H15NO/c13-12(14)11-9-7-5-3-1-2-4-6-8-10-11/h1,3-4,6-7,9-10H,2,5,8H2,(H2,13,14)/b3-1-,6-4-,9-7-,11-10+. The maximum atomic E-state index is 11.0. The maximum absolute atomic E-state index is 11.0. The molecule has 0 aliphatic heterocycles. The number of primary amides is 1. The van der Waals surface area contributed by atoms with Crippen molar-refractivity contribution in [3.8, 4) is 0 Å². The Hall–Kier alpha value is -1.57. The molecule has 0 radical (unpaired) electrons. The van der Waals surface area contributed by atoms with Gasteiger partial charge in [0.1, 0.15) is 0 Å². The van der Waals surface area contributed by atoms with Gasteiger partial charge in [-0.05, 0) is 19.3 Å². The summed E-state index contributed by atoms with van der Waals surface area (Å²) in [6.45, 7) is 0. The maximum Gasteiger partial charge on any atom is 0.248 e. The average Bonchev–Trinajstić information content (AvgIpc) is 2.21. The van der Waals surface area contributed by atoms with E-state index in [-0.39, 0.29) is 5.91 Å². The summed E-state index contributed by atoms with van der Waals surface area (Å²) in [4.78, 5) is 11.0. The van der Waals surface area contributed by atoms with Gasteiger partial charge >= 0.3 is 0 Å². The van der Waals surface area contributed by atoms with Crippen molar-refractivity contribution in [2.45, 2.75) is 19.3 Å². The van der Waals surface area contributed by atoms with E-state index in [9.17, 15) is 4.79 Å². The van der Waals surface area contributed by atoms with Gasteiger partial charge in [0.05, 0.1) is 0 Å². The minimum Gasteiger partial charge on any atom is -0.366 e. The summed E-state index contributed by atoms with van der Waals surface area (Å²) >= 11 is 0. The van der Waals surface area contributed by atoms with Crippen molar-refractivity contribution >= 4 is 5.91 Å². The van der Waals surface area contributed by atoms with Crippen LogP contribution in [0.2, 0.25) is 0 Å². The molecule has 2 N–H and O–H groups in total. The van der Waals surface area contributed by atoms with E-state index in [1.807, 2.05) is 18.2 Å². The highest BCUT2D eigenvalue weighted by atomic mass is 16.1. The summed E-state index contributed by atoms with van der Waals surface area (Å²) in [6.07, 6.45) is 16.4. The first-order chi connectivity index (χ1) is 6.80. The van der Waals surface area contributed by atoms with Gasteiger partial charge in [-0.1, -0.05) is 42.5 Å². The molecule has 1 amide bonds. The highest BCUT2D eigenvalue weighted by Crippen LogP contribution is 2.03. The molecule has 1 aliphatic carbocycles. The van der Waals surface area contributed by atoms with Crippen LogP contribution in [0.1, 0.15) is 19.3 Å². The van der Waals surface area contributed by atoms with Crippen LogP contribution in [-0.4, -0.2) is 5.91 Å². The molecule has 0 fully saturated rings. The van der Waals surface area contributed by atoms with Crippen molar-refractivity contribution in [2.24, 2.45) is 5.73 Å². The van der Waals surface area contributed by atoms with E-state index in [0.717, 1.165) is 19.3 Å². The minimum absolute atomic E-state index is 0.363. The third-order valence-corrected chi connectivity index (χ3v) is 1.93. The second-order valence-corrected chi connectivity index (χ2v) is 3.08. The Morgan fingerprint density at radius 1 is 1.00 bits per heavy atom. The summed E-state index contributed by atoms with van der Waals surface area (Å²) in [5, 5.41) is 0. The first-order valence-corrected chi connectivity index (χ1v) is 4.77. The summed E-state index contributed by atoms with van der Waals surface area (Å²) < 4.78 is 0. The summed E-state index contributed by atoms with van der Waals surface area (Å²) in [5.41, 5.74) is 5.80. The van der Waals surface area contributed by atoms with E-state index in [4.69, 9.17) is 5.73 Å². The summed E-state index contributed by atoms with van der Waals surface area (Å²) in [7, 11) is 0. The Morgan fingerprint density at radius 3 is 2.21 bits per heavy atom. The van der Waals surface area contributed by atoms with Crippen molar-refractivity contribution in [1.82, 2.24) is 0 Å². The largest absolute Gasteiger partial charge is 0.366 e. The molecule has 0 bridgehead atoms. The Kier molecular flexibility index (Phi) is 4.48. The van der Waals surface area contributed by atoms with Crippen LogP contribution < -0.4 is 5.73 Å². The lowest BCUT2D eigenvalue weighted by molar-refractivity contribution is -0.114. The molecule has 1 aliphatic rings. The third kappa shape index (κ3) is 3.90. The number of hydrogen-bond donors (Lipinski definition) is 1. The molecule has 0 saturated carbocycles. The number of allylic oxidation sites excluding steroid dienone is 6. The van der Waals surface area contributed by atoms with Crippen LogP contribution in [0.15, 0.2) is 48.1 Å².